The van der Waals surface area contributed by atoms with Crippen LogP contribution in [0.5, 0.6) is 5.75 Å². The number of para-hydroxylation sites is 2. The minimum absolute atomic E-state index is 0.0817. The third kappa shape index (κ3) is 5.02. The number of sulfonamides is 1. The van der Waals surface area contributed by atoms with Gasteiger partial charge >= 0.3 is 6.36 Å². The van der Waals surface area contributed by atoms with E-state index in [-0.39, 0.29) is 18.0 Å². The van der Waals surface area contributed by atoms with Crippen molar-refractivity contribution in [3.63, 3.8) is 0 Å². The number of imidazole rings is 1. The highest BCUT2D eigenvalue weighted by Gasteiger charge is 2.33. The van der Waals surface area contributed by atoms with Crippen molar-refractivity contribution in [3.8, 4) is 5.75 Å². The van der Waals surface area contributed by atoms with Crippen molar-refractivity contribution in [2.75, 3.05) is 31.1 Å². The fourth-order valence-electron chi connectivity index (χ4n) is 4.32. The summed E-state index contributed by atoms with van der Waals surface area (Å²) in [5, 5.41) is 0. The molecule has 0 atom stereocenters. The summed E-state index contributed by atoms with van der Waals surface area (Å²) in [5.41, 5.74) is 2.98. The molecule has 11 heteroatoms. The maximum absolute atomic E-state index is 13.1. The van der Waals surface area contributed by atoms with Crippen LogP contribution < -0.4 is 9.64 Å². The van der Waals surface area contributed by atoms with E-state index >= 15 is 0 Å². The van der Waals surface area contributed by atoms with Crippen LogP contribution >= 0.6 is 0 Å². The van der Waals surface area contributed by atoms with Crippen LogP contribution in [-0.4, -0.2) is 54.8 Å². The van der Waals surface area contributed by atoms with Gasteiger partial charge in [-0.1, -0.05) is 42.5 Å². The molecule has 0 unspecified atom stereocenters. The largest absolute Gasteiger partial charge is 0.573 e. The smallest absolute Gasteiger partial charge is 0.406 e. The van der Waals surface area contributed by atoms with Crippen molar-refractivity contribution in [3.05, 3.63) is 84.4 Å². The van der Waals surface area contributed by atoms with Crippen molar-refractivity contribution in [1.82, 2.24) is 13.9 Å². The van der Waals surface area contributed by atoms with Gasteiger partial charge < -0.3 is 14.2 Å². The first-order valence-electron chi connectivity index (χ1n) is 11.3. The lowest BCUT2D eigenvalue weighted by molar-refractivity contribution is -0.274. The Hall–Kier alpha value is -3.57. The summed E-state index contributed by atoms with van der Waals surface area (Å²) in [6.07, 6.45) is -4.84. The zero-order valence-electron chi connectivity index (χ0n) is 19.1. The maximum atomic E-state index is 13.1. The van der Waals surface area contributed by atoms with E-state index in [1.54, 1.807) is 0 Å². The number of piperazine rings is 1. The Morgan fingerprint density at radius 1 is 0.833 bits per heavy atom. The zero-order valence-corrected chi connectivity index (χ0v) is 19.9. The molecule has 7 nitrogen and oxygen atoms in total. The van der Waals surface area contributed by atoms with E-state index < -0.39 is 22.1 Å². The van der Waals surface area contributed by atoms with Gasteiger partial charge in [-0.05, 0) is 42.0 Å². The molecule has 1 saturated heterocycles. The summed E-state index contributed by atoms with van der Waals surface area (Å²) in [4.78, 5) is 6.81. The summed E-state index contributed by atoms with van der Waals surface area (Å²) in [6, 6.07) is 22.2. The Morgan fingerprint density at radius 3 is 2.14 bits per heavy atom. The number of ether oxygens (including phenoxy) is 1. The first-order chi connectivity index (χ1) is 17.2. The fraction of sp³-hybridized carbons (Fsp3) is 0.240. The van der Waals surface area contributed by atoms with Crippen LogP contribution in [0.25, 0.3) is 11.0 Å². The number of rotatable bonds is 6. The number of fused-ring (bicyclic) bond motifs is 1. The number of nitrogens with zero attached hydrogens (tertiary/aromatic N) is 4. The minimum Gasteiger partial charge on any atom is -0.406 e. The van der Waals surface area contributed by atoms with Gasteiger partial charge in [0.2, 0.25) is 16.0 Å². The van der Waals surface area contributed by atoms with Crippen LogP contribution in [0.4, 0.5) is 19.1 Å². The molecule has 188 valence electrons. The van der Waals surface area contributed by atoms with Crippen LogP contribution in [0.15, 0.2) is 83.8 Å². The average molecular weight is 517 g/mol. The molecule has 0 aliphatic carbocycles. The molecule has 3 aromatic carbocycles. The molecular weight excluding hydrogens is 493 g/mol. The normalized spacial score (nSPS) is 15.4. The second kappa shape index (κ2) is 9.47. The molecule has 4 aromatic rings. The molecular formula is C25H23F3N4O3S. The molecule has 5 rings (SSSR count). The maximum Gasteiger partial charge on any atom is 0.573 e. The van der Waals surface area contributed by atoms with Gasteiger partial charge in [-0.25, -0.2) is 13.4 Å². The van der Waals surface area contributed by atoms with Crippen LogP contribution in [-0.2, 0) is 16.6 Å². The highest BCUT2D eigenvalue weighted by molar-refractivity contribution is 7.89. The van der Waals surface area contributed by atoms with Crippen LogP contribution in [0.1, 0.15) is 5.56 Å². The number of hydrogen-bond donors (Lipinski definition) is 0. The fourth-order valence-corrected chi connectivity index (χ4v) is 5.74. The molecule has 0 amide bonds. The van der Waals surface area contributed by atoms with Crippen LogP contribution in [0.2, 0.25) is 0 Å². The Labute approximate surface area is 206 Å². The summed E-state index contributed by atoms with van der Waals surface area (Å²) >= 11 is 0. The molecule has 0 saturated carbocycles. The van der Waals surface area contributed by atoms with Crippen molar-refractivity contribution in [1.29, 1.82) is 0 Å². The number of alkyl halides is 3. The standard InChI is InChI=1S/C25H23F3N4O3S/c26-25(27,28)35-20-10-12-21(13-11-20)36(33,34)31-16-14-30(15-17-31)24-29-22-8-4-5-9-23(22)32(24)18-19-6-2-1-3-7-19/h1-13H,14-18H2. The molecule has 1 aliphatic rings. The number of halogens is 3. The molecule has 2 heterocycles. The Bertz CT molecular complexity index is 1450. The van der Waals surface area contributed by atoms with Crippen LogP contribution in [0, 0.1) is 0 Å². The second-order valence-electron chi connectivity index (χ2n) is 8.38. The van der Waals surface area contributed by atoms with Crippen molar-refractivity contribution >= 4 is 27.0 Å². The van der Waals surface area contributed by atoms with Crippen molar-refractivity contribution < 1.29 is 26.3 Å². The number of anilines is 1. The average Bonchev–Trinajstić information content (AvgIpc) is 3.22. The predicted octanol–water partition coefficient (Wildman–Crippen LogP) is 4.49. The van der Waals surface area contributed by atoms with E-state index in [1.807, 2.05) is 54.6 Å². The lowest BCUT2D eigenvalue weighted by Crippen LogP contribution is -2.49. The number of hydrogen-bond acceptors (Lipinski definition) is 5. The van der Waals surface area contributed by atoms with Crippen molar-refractivity contribution in [2.24, 2.45) is 0 Å². The van der Waals surface area contributed by atoms with E-state index in [4.69, 9.17) is 4.98 Å². The monoisotopic (exact) mass is 516 g/mol. The lowest BCUT2D eigenvalue weighted by atomic mass is 10.2. The van der Waals surface area contributed by atoms with Gasteiger partial charge in [-0.3, -0.25) is 0 Å². The molecule has 0 radical (unpaired) electrons. The summed E-state index contributed by atoms with van der Waals surface area (Å²) in [6.45, 7) is 1.91. The van der Waals surface area contributed by atoms with Gasteiger partial charge in [-0.15, -0.1) is 13.2 Å². The van der Waals surface area contributed by atoms with E-state index in [9.17, 15) is 21.6 Å². The lowest BCUT2D eigenvalue weighted by Gasteiger charge is -2.34. The van der Waals surface area contributed by atoms with Crippen molar-refractivity contribution in [2.45, 2.75) is 17.8 Å². The van der Waals surface area contributed by atoms with Gasteiger partial charge in [0.05, 0.1) is 22.5 Å². The van der Waals surface area contributed by atoms with Gasteiger partial charge in [0.1, 0.15) is 5.75 Å². The molecule has 0 N–H and O–H groups in total. The van der Waals surface area contributed by atoms with Gasteiger partial charge in [0.15, 0.2) is 0 Å². The Kier molecular flexibility index (Phi) is 6.35. The predicted molar refractivity (Wildman–Crippen MR) is 129 cm³/mol. The molecule has 0 bridgehead atoms. The minimum atomic E-state index is -4.84. The summed E-state index contributed by atoms with van der Waals surface area (Å²) in [5.74, 6) is 0.300. The molecule has 1 aliphatic heterocycles. The Balaban J connectivity index is 1.34. The van der Waals surface area contributed by atoms with Gasteiger partial charge in [-0.2, -0.15) is 4.31 Å². The summed E-state index contributed by atoms with van der Waals surface area (Å²) < 4.78 is 70.7. The third-order valence-corrected chi connectivity index (χ3v) is 7.95. The van der Waals surface area contributed by atoms with E-state index in [0.717, 1.165) is 46.8 Å². The van der Waals surface area contributed by atoms with Crippen LogP contribution in [0.3, 0.4) is 0 Å². The van der Waals surface area contributed by atoms with E-state index in [0.29, 0.717) is 19.6 Å². The van der Waals surface area contributed by atoms with Gasteiger partial charge in [0, 0.05) is 26.2 Å². The first-order valence-corrected chi connectivity index (χ1v) is 12.7. The van der Waals surface area contributed by atoms with Gasteiger partial charge in [0.25, 0.3) is 0 Å². The molecule has 36 heavy (non-hydrogen) atoms. The highest BCUT2D eigenvalue weighted by atomic mass is 32.2. The highest BCUT2D eigenvalue weighted by Crippen LogP contribution is 2.28. The topological polar surface area (TPSA) is 67.7 Å². The zero-order chi connectivity index (χ0) is 25.3. The SMILES string of the molecule is O=S(=O)(c1ccc(OC(F)(F)F)cc1)N1CCN(c2nc3ccccc3n2Cc2ccccc2)CC1. The second-order valence-corrected chi connectivity index (χ2v) is 10.3. The first kappa shape index (κ1) is 24.1. The quantitative estimate of drug-likeness (QED) is 0.378. The number of aromatic nitrogens is 2. The summed E-state index contributed by atoms with van der Waals surface area (Å²) in [7, 11) is -3.87. The Morgan fingerprint density at radius 2 is 1.47 bits per heavy atom. The molecule has 1 aromatic heterocycles. The number of benzene rings is 3. The molecule has 0 spiro atoms. The molecule has 1 fully saturated rings. The third-order valence-electron chi connectivity index (χ3n) is 6.03. The van der Waals surface area contributed by atoms with E-state index in [1.165, 1.54) is 4.31 Å². The van der Waals surface area contributed by atoms with E-state index in [2.05, 4.69) is 14.2 Å².